The van der Waals surface area contributed by atoms with Gasteiger partial charge >= 0.3 is 5.97 Å². The molecule has 0 unspecified atom stereocenters. The Morgan fingerprint density at radius 3 is 2.52 bits per heavy atom. The first-order valence-corrected chi connectivity index (χ1v) is 16.0. The van der Waals surface area contributed by atoms with Gasteiger partial charge in [-0.15, -0.1) is 6.58 Å². The van der Waals surface area contributed by atoms with E-state index < -0.39 is 12.0 Å². The van der Waals surface area contributed by atoms with Gasteiger partial charge in [0.15, 0.2) is 16.3 Å². The van der Waals surface area contributed by atoms with E-state index in [0.717, 1.165) is 22.4 Å². The zero-order valence-corrected chi connectivity index (χ0v) is 27.6. The summed E-state index contributed by atoms with van der Waals surface area (Å²) in [5, 5.41) is 0. The summed E-state index contributed by atoms with van der Waals surface area (Å²) in [6.45, 7) is 11.9. The minimum atomic E-state index is -0.774. The standard InChI is InChI=1S/C37H38N2O6S/c1-7-12-27-19-26(15-17-29(27)44-22-25-13-10-9-11-14-25)20-32-35(40)39-34(28-16-18-30(45-23(3)4)31(21-28)42-6)33(36(41)43-8-2)24(5)38-37(39)46-32/h7,9-11,13-21,23,34H,1,8,12,22H2,2-6H3/b32-20-/t34-/m1/s1. The largest absolute Gasteiger partial charge is 0.493 e. The molecule has 0 fully saturated rings. The van der Waals surface area contributed by atoms with Gasteiger partial charge < -0.3 is 18.9 Å². The molecule has 5 rings (SSSR count). The molecule has 0 spiro atoms. The van der Waals surface area contributed by atoms with Crippen molar-refractivity contribution in [1.82, 2.24) is 4.57 Å². The third-order valence-corrected chi connectivity index (χ3v) is 8.35. The highest BCUT2D eigenvalue weighted by atomic mass is 32.1. The van der Waals surface area contributed by atoms with E-state index >= 15 is 0 Å². The number of nitrogens with zero attached hydrogens (tertiary/aromatic N) is 2. The second-order valence-electron chi connectivity index (χ2n) is 11.0. The topological polar surface area (TPSA) is 88.4 Å². The Hall–Kier alpha value is -4.89. The number of ether oxygens (including phenoxy) is 4. The molecule has 1 aromatic heterocycles. The van der Waals surface area contributed by atoms with Gasteiger partial charge in [-0.1, -0.05) is 59.9 Å². The predicted molar refractivity (Wildman–Crippen MR) is 180 cm³/mol. The van der Waals surface area contributed by atoms with Gasteiger partial charge in [-0.05, 0) is 86.7 Å². The number of carbonyl (C=O) groups is 1. The molecule has 0 saturated carbocycles. The molecule has 1 aliphatic heterocycles. The Balaban J connectivity index is 1.59. The van der Waals surface area contributed by atoms with Crippen LogP contribution < -0.4 is 29.1 Å². The molecule has 3 aromatic carbocycles. The van der Waals surface area contributed by atoms with Crippen molar-refractivity contribution >= 4 is 23.4 Å². The van der Waals surface area contributed by atoms with E-state index in [1.807, 2.05) is 80.6 Å². The molecule has 0 amide bonds. The summed E-state index contributed by atoms with van der Waals surface area (Å²) in [4.78, 5) is 32.6. The van der Waals surface area contributed by atoms with Crippen molar-refractivity contribution in [3.63, 3.8) is 0 Å². The van der Waals surface area contributed by atoms with Crippen LogP contribution in [0.15, 0.2) is 100 Å². The molecule has 46 heavy (non-hydrogen) atoms. The van der Waals surface area contributed by atoms with Crippen LogP contribution in [0.1, 0.15) is 56.0 Å². The Morgan fingerprint density at radius 2 is 1.83 bits per heavy atom. The molecule has 0 aliphatic carbocycles. The molecule has 1 aliphatic rings. The molecule has 0 radical (unpaired) electrons. The average Bonchev–Trinajstić information content (AvgIpc) is 3.34. The van der Waals surface area contributed by atoms with Gasteiger partial charge in [0, 0.05) is 0 Å². The maximum Gasteiger partial charge on any atom is 0.338 e. The van der Waals surface area contributed by atoms with E-state index in [4.69, 9.17) is 23.9 Å². The Bertz CT molecular complexity index is 1960. The summed E-state index contributed by atoms with van der Waals surface area (Å²) in [7, 11) is 1.56. The molecule has 0 N–H and O–H groups in total. The van der Waals surface area contributed by atoms with Crippen LogP contribution in [-0.2, 0) is 22.6 Å². The average molecular weight is 639 g/mol. The van der Waals surface area contributed by atoms with Crippen LogP contribution in [0.3, 0.4) is 0 Å². The van der Waals surface area contributed by atoms with Gasteiger partial charge in [0.2, 0.25) is 0 Å². The summed E-state index contributed by atoms with van der Waals surface area (Å²) < 4.78 is 25.2. The fraction of sp³-hybridized carbons (Fsp3) is 0.270. The van der Waals surface area contributed by atoms with Crippen molar-refractivity contribution in [3.05, 3.63) is 133 Å². The monoisotopic (exact) mass is 638 g/mol. The number of esters is 1. The van der Waals surface area contributed by atoms with Crippen LogP contribution in [0.4, 0.5) is 0 Å². The maximum atomic E-state index is 14.1. The number of methoxy groups -OCH3 is 1. The molecule has 0 bridgehead atoms. The SMILES string of the molecule is C=CCc1cc(/C=c2\sc3n(c2=O)[C@H](c2ccc(OC(C)C)c(OC)c2)C(C(=O)OCC)=C(C)N=3)ccc1OCc1ccccc1. The van der Waals surface area contributed by atoms with Crippen molar-refractivity contribution in [2.24, 2.45) is 4.99 Å². The first-order chi connectivity index (χ1) is 22.2. The lowest BCUT2D eigenvalue weighted by Crippen LogP contribution is -2.40. The van der Waals surface area contributed by atoms with Crippen LogP contribution >= 0.6 is 11.3 Å². The Labute approximate surface area is 272 Å². The summed E-state index contributed by atoms with van der Waals surface area (Å²) in [5.74, 6) is 1.30. The third-order valence-electron chi connectivity index (χ3n) is 7.37. The quantitative estimate of drug-likeness (QED) is 0.142. The van der Waals surface area contributed by atoms with E-state index in [1.54, 1.807) is 37.7 Å². The zero-order valence-electron chi connectivity index (χ0n) is 26.7. The van der Waals surface area contributed by atoms with Crippen LogP contribution in [-0.4, -0.2) is 30.4 Å². The highest BCUT2D eigenvalue weighted by molar-refractivity contribution is 7.07. The van der Waals surface area contributed by atoms with E-state index in [0.29, 0.717) is 50.7 Å². The highest BCUT2D eigenvalue weighted by Crippen LogP contribution is 2.36. The molecule has 4 aromatic rings. The number of aromatic nitrogens is 1. The summed E-state index contributed by atoms with van der Waals surface area (Å²) in [6, 6.07) is 20.5. The molecule has 0 saturated heterocycles. The molecule has 1 atom stereocenters. The van der Waals surface area contributed by atoms with E-state index in [-0.39, 0.29) is 18.3 Å². The van der Waals surface area contributed by atoms with Crippen LogP contribution in [0.25, 0.3) is 6.08 Å². The second-order valence-corrected chi connectivity index (χ2v) is 12.0. The molecular weight excluding hydrogens is 600 g/mol. The predicted octanol–water partition coefficient (Wildman–Crippen LogP) is 5.90. The summed E-state index contributed by atoms with van der Waals surface area (Å²) in [5.41, 5.74) is 4.07. The van der Waals surface area contributed by atoms with Gasteiger partial charge in [0.05, 0.1) is 41.7 Å². The molecule has 238 valence electrons. The Kier molecular flexibility index (Phi) is 10.2. The van der Waals surface area contributed by atoms with Gasteiger partial charge in [0.1, 0.15) is 12.4 Å². The lowest BCUT2D eigenvalue weighted by atomic mass is 9.95. The summed E-state index contributed by atoms with van der Waals surface area (Å²) >= 11 is 1.27. The van der Waals surface area contributed by atoms with Gasteiger partial charge in [0.25, 0.3) is 5.56 Å². The van der Waals surface area contributed by atoms with Crippen molar-refractivity contribution in [3.8, 4) is 17.2 Å². The first-order valence-electron chi connectivity index (χ1n) is 15.2. The number of thiazole rings is 1. The van der Waals surface area contributed by atoms with Crippen molar-refractivity contribution in [2.45, 2.75) is 52.9 Å². The van der Waals surface area contributed by atoms with Crippen LogP contribution in [0.2, 0.25) is 0 Å². The van der Waals surface area contributed by atoms with Crippen molar-refractivity contribution in [1.29, 1.82) is 0 Å². The number of hydrogen-bond acceptors (Lipinski definition) is 8. The number of benzene rings is 3. The molecule has 8 nitrogen and oxygen atoms in total. The summed E-state index contributed by atoms with van der Waals surface area (Å²) in [6.07, 6.45) is 4.21. The first kappa shape index (κ1) is 32.5. The maximum absolute atomic E-state index is 14.1. The number of fused-ring (bicyclic) bond motifs is 1. The fourth-order valence-corrected chi connectivity index (χ4v) is 6.39. The number of allylic oxidation sites excluding steroid dienone is 2. The molecule has 9 heteroatoms. The Morgan fingerprint density at radius 1 is 1.07 bits per heavy atom. The lowest BCUT2D eigenvalue weighted by molar-refractivity contribution is -0.139. The van der Waals surface area contributed by atoms with Crippen molar-refractivity contribution in [2.75, 3.05) is 13.7 Å². The van der Waals surface area contributed by atoms with Crippen LogP contribution in [0, 0.1) is 0 Å². The minimum absolute atomic E-state index is 0.0638. The molecular formula is C37H38N2O6S. The number of rotatable bonds is 12. The fourth-order valence-electron chi connectivity index (χ4n) is 5.34. The van der Waals surface area contributed by atoms with Crippen LogP contribution in [0.5, 0.6) is 17.2 Å². The van der Waals surface area contributed by atoms with E-state index in [2.05, 4.69) is 6.58 Å². The number of hydrogen-bond donors (Lipinski definition) is 0. The minimum Gasteiger partial charge on any atom is -0.493 e. The van der Waals surface area contributed by atoms with E-state index in [9.17, 15) is 9.59 Å². The highest BCUT2D eigenvalue weighted by Gasteiger charge is 2.34. The lowest BCUT2D eigenvalue weighted by Gasteiger charge is -2.25. The third kappa shape index (κ3) is 7.00. The second kappa shape index (κ2) is 14.5. The van der Waals surface area contributed by atoms with Gasteiger partial charge in [-0.25, -0.2) is 9.79 Å². The van der Waals surface area contributed by atoms with Gasteiger partial charge in [-0.3, -0.25) is 9.36 Å². The van der Waals surface area contributed by atoms with E-state index in [1.165, 1.54) is 11.3 Å². The van der Waals surface area contributed by atoms with Gasteiger partial charge in [-0.2, -0.15) is 0 Å². The smallest absolute Gasteiger partial charge is 0.338 e. The molecule has 2 heterocycles. The van der Waals surface area contributed by atoms with Crippen molar-refractivity contribution < 1.29 is 23.7 Å². The zero-order chi connectivity index (χ0) is 32.8. The normalized spacial score (nSPS) is 14.5. The number of carbonyl (C=O) groups excluding carboxylic acids is 1.